The number of nitrogens with zero attached hydrogens (tertiary/aromatic N) is 5. The summed E-state index contributed by atoms with van der Waals surface area (Å²) in [6.07, 6.45) is 0. The zero-order valence-corrected chi connectivity index (χ0v) is 72.2. The van der Waals surface area contributed by atoms with Crippen molar-refractivity contribution in [3.05, 3.63) is 388 Å². The van der Waals surface area contributed by atoms with Crippen LogP contribution in [-0.4, -0.2) is 13.7 Å². The number of rotatable bonds is 8. The molecule has 0 saturated carbocycles. The highest BCUT2D eigenvalue weighted by Gasteiger charge is 2.46. The Morgan fingerprint density at radius 2 is 0.645 bits per heavy atom. The van der Waals surface area contributed by atoms with Gasteiger partial charge in [0, 0.05) is 77.3 Å². The monoisotopic (exact) mass is 1620 g/mol. The predicted octanol–water partition coefficient (Wildman–Crippen LogP) is 32.6. The zero-order chi connectivity index (χ0) is 98.6. The molecule has 1 atom stereocenters. The van der Waals surface area contributed by atoms with Gasteiger partial charge in [0.2, 0.25) is 0 Å². The molecule has 3 aliphatic rings. The second-order valence-electron chi connectivity index (χ2n) is 39.3. The minimum absolute atomic E-state index is 0.0987. The van der Waals surface area contributed by atoms with Crippen LogP contribution in [0.4, 0.5) is 34.1 Å². The summed E-state index contributed by atoms with van der Waals surface area (Å²) >= 11 is 0. The molecule has 124 heavy (non-hydrogen) atoms. The standard InChI is InChI=1S/C118H101N5O/c1-114(2,3)73-49-55-84-92(61-73)93-62-74(115(4,5)6)50-56-85(93)108(84)72-48-54-88-104(60-72)123(111-90(70-32-18-16-19-33-70)65-77(118(13,14)15)66-91(111)71-34-20-17-21-35-71)107-69-79(120-98-44-28-24-38-82(98)83-39-25-29-45-99(83)120)68-106-110(107)109(88)89-57-53-78(119-96-42-26-22-36-80(96)81-37-23-27-43-97(81)119)67-105(89)122(106)103-47-31-41-87-86-40-30-46-102(112(86)124-113(87)103)121-100-58-51-75(116(7,8)9)63-94(100)95-64-76(117(10,11)12)52-59-101(95)121/h16-69,108-109H,1-15H3/i22D,23D,24D,25D,26D,27D,28D,29D,36D,37D,38D,39D,42D,43D,44D,45D. The molecule has 0 N–H and O–H groups in total. The lowest BCUT2D eigenvalue weighted by molar-refractivity contribution is 0.589. The van der Waals surface area contributed by atoms with E-state index in [-0.39, 0.29) is 82.6 Å². The maximum Gasteiger partial charge on any atom is 0.159 e. The predicted molar refractivity (Wildman–Crippen MR) is 524 cm³/mol. The molecule has 6 heteroatoms. The van der Waals surface area contributed by atoms with Crippen molar-refractivity contribution >= 4 is 121 Å². The molecule has 604 valence electrons. The van der Waals surface area contributed by atoms with Crippen molar-refractivity contribution in [1.29, 1.82) is 0 Å². The number of hydrogen-bond donors (Lipinski definition) is 0. The van der Waals surface area contributed by atoms with Crippen LogP contribution >= 0.6 is 0 Å². The quantitative estimate of drug-likeness (QED) is 0.152. The van der Waals surface area contributed by atoms with E-state index in [4.69, 9.17) is 4.42 Å². The molecule has 0 fully saturated rings. The van der Waals surface area contributed by atoms with Crippen LogP contribution in [0.5, 0.6) is 0 Å². The summed E-state index contributed by atoms with van der Waals surface area (Å²) in [6, 6.07) is 72.7. The van der Waals surface area contributed by atoms with Gasteiger partial charge in [-0.25, -0.2) is 0 Å². The second-order valence-corrected chi connectivity index (χ2v) is 39.3. The minimum Gasteiger partial charge on any atom is -0.452 e. The Balaban J connectivity index is 0.925. The van der Waals surface area contributed by atoms with Crippen LogP contribution in [0.3, 0.4) is 0 Å². The Labute approximate surface area is 749 Å². The van der Waals surface area contributed by atoms with Crippen LogP contribution in [0.2, 0.25) is 0 Å². The van der Waals surface area contributed by atoms with Gasteiger partial charge < -0.3 is 27.9 Å². The molecule has 2 aliphatic heterocycles. The van der Waals surface area contributed by atoms with Gasteiger partial charge in [-0.05, 0) is 208 Å². The molecule has 0 radical (unpaired) electrons. The summed E-state index contributed by atoms with van der Waals surface area (Å²) in [4.78, 5) is 4.49. The fraction of sp³-hybridized carbons (Fsp3) is 0.186. The maximum atomic E-state index is 10.4. The average molecular weight is 1620 g/mol. The molecular weight excluding hydrogens is 1500 g/mol. The van der Waals surface area contributed by atoms with E-state index in [0.29, 0.717) is 50.4 Å². The third-order valence-corrected chi connectivity index (χ3v) is 26.6. The Morgan fingerprint density at radius 1 is 0.258 bits per heavy atom. The van der Waals surface area contributed by atoms with E-state index in [1.54, 1.807) is 4.57 Å². The fourth-order valence-electron chi connectivity index (χ4n) is 20.2. The highest BCUT2D eigenvalue weighted by Crippen LogP contribution is 2.65. The van der Waals surface area contributed by atoms with Gasteiger partial charge in [0.05, 0.1) is 101 Å². The summed E-state index contributed by atoms with van der Waals surface area (Å²) in [5.74, 6) is -1.20. The molecule has 6 heterocycles. The van der Waals surface area contributed by atoms with Crippen LogP contribution in [0, 0.1) is 0 Å². The first-order chi connectivity index (χ1) is 66.3. The number of aromatic nitrogens is 3. The Kier molecular flexibility index (Phi) is 13.0. The van der Waals surface area contributed by atoms with E-state index in [9.17, 15) is 21.9 Å². The van der Waals surface area contributed by atoms with Gasteiger partial charge in [-0.3, -0.25) is 0 Å². The van der Waals surface area contributed by atoms with E-state index in [0.717, 1.165) is 105 Å². The van der Waals surface area contributed by atoms with Crippen molar-refractivity contribution in [2.24, 2.45) is 0 Å². The summed E-state index contributed by atoms with van der Waals surface area (Å²) in [5, 5.41) is 3.12. The number of para-hydroxylation sites is 6. The summed E-state index contributed by atoms with van der Waals surface area (Å²) in [5.41, 5.74) is 22.6. The van der Waals surface area contributed by atoms with Crippen molar-refractivity contribution < 1.29 is 26.3 Å². The Bertz CT molecular complexity index is 8580. The molecule has 1 aliphatic carbocycles. The molecule has 4 aromatic heterocycles. The van der Waals surface area contributed by atoms with Crippen LogP contribution in [0.1, 0.15) is 199 Å². The largest absolute Gasteiger partial charge is 0.452 e. The van der Waals surface area contributed by atoms with Crippen molar-refractivity contribution in [1.82, 2.24) is 13.7 Å². The van der Waals surface area contributed by atoms with E-state index in [1.165, 1.54) is 26.8 Å². The van der Waals surface area contributed by atoms with E-state index < -0.39 is 108 Å². The normalized spacial score (nSPS) is 16.1. The first-order valence-electron chi connectivity index (χ1n) is 51.0. The molecule has 0 saturated heterocycles. The van der Waals surface area contributed by atoms with E-state index in [2.05, 4.69) is 264 Å². The zero-order valence-electron chi connectivity index (χ0n) is 88.2. The SMILES string of the molecule is [2H]c1c([2H])c([2H])c2c(c1[2H])c1c([2H])c([2H])c([2H])c([2H])c1n2-c1ccc2c(c1)N(c1cccc3c1oc1c(-n4c5ccc(C(C)(C)C)cc5c5cc(C(C)(C)C)ccc54)cccc13)c1cc(-n3c4c([2H])c([2H])c([2H])c([2H])c4c4c([2H])c([2H])c([2H])c([2H])c43)cc3c1C2c1ccc(C2c4ccc(C(C)(C)C)cc4-c4cc(C(C)(C)C)ccc42)cc1N3c1c(-c2ccccc2)cc(C(C)(C)C)cc1-c1ccccc1. The highest BCUT2D eigenvalue weighted by atomic mass is 16.3. The maximum absolute atomic E-state index is 10.4. The van der Waals surface area contributed by atoms with Crippen LogP contribution in [-0.2, 0) is 27.1 Å². The number of furan rings is 1. The molecule has 20 aromatic rings. The van der Waals surface area contributed by atoms with Crippen molar-refractivity contribution in [2.45, 2.75) is 143 Å². The first kappa shape index (κ1) is 59.9. The number of hydrogen-bond acceptors (Lipinski definition) is 3. The molecule has 0 spiro atoms. The lowest BCUT2D eigenvalue weighted by atomic mass is 9.74. The lowest BCUT2D eigenvalue weighted by Crippen LogP contribution is -2.30. The third kappa shape index (κ3) is 11.4. The van der Waals surface area contributed by atoms with Gasteiger partial charge in [0.1, 0.15) is 0 Å². The van der Waals surface area contributed by atoms with Gasteiger partial charge in [0.15, 0.2) is 11.2 Å². The summed E-state index contributed by atoms with van der Waals surface area (Å²) < 4.78 is 170. The molecule has 6 nitrogen and oxygen atoms in total. The van der Waals surface area contributed by atoms with Gasteiger partial charge in [-0.15, -0.1) is 0 Å². The minimum atomic E-state index is -0.842. The Hall–Kier alpha value is -13.7. The Morgan fingerprint density at radius 3 is 1.12 bits per heavy atom. The van der Waals surface area contributed by atoms with Crippen LogP contribution < -0.4 is 9.80 Å². The first-order valence-corrected chi connectivity index (χ1v) is 43.0. The van der Waals surface area contributed by atoms with E-state index in [1.807, 2.05) is 84.9 Å². The molecule has 23 rings (SSSR count). The number of anilines is 6. The van der Waals surface area contributed by atoms with Crippen molar-refractivity contribution in [3.8, 4) is 50.4 Å². The average Bonchev–Trinajstić information content (AvgIpc) is 1.15. The van der Waals surface area contributed by atoms with Gasteiger partial charge in [0.25, 0.3) is 0 Å². The summed E-state index contributed by atoms with van der Waals surface area (Å²) in [6.45, 7) is 33.5. The third-order valence-electron chi connectivity index (χ3n) is 26.6. The molecule has 0 bridgehead atoms. The highest BCUT2D eigenvalue weighted by molar-refractivity contribution is 6.17. The second kappa shape index (κ2) is 26.9. The number of benzene rings is 16. The smallest absolute Gasteiger partial charge is 0.159 e. The van der Waals surface area contributed by atoms with Gasteiger partial charge >= 0.3 is 0 Å². The fourth-order valence-corrected chi connectivity index (χ4v) is 20.2. The molecular formula is C118H101N5O. The topological polar surface area (TPSA) is 34.4 Å². The van der Waals surface area contributed by atoms with Crippen molar-refractivity contribution in [2.75, 3.05) is 9.80 Å². The van der Waals surface area contributed by atoms with Crippen LogP contribution in [0.25, 0.3) is 138 Å². The molecule has 1 unspecified atom stereocenters. The van der Waals surface area contributed by atoms with Crippen molar-refractivity contribution in [3.63, 3.8) is 0 Å². The van der Waals surface area contributed by atoms with E-state index >= 15 is 0 Å². The van der Waals surface area contributed by atoms with Gasteiger partial charge in [-0.1, -0.05) is 328 Å². The lowest BCUT2D eigenvalue weighted by Gasteiger charge is -2.46. The molecule has 0 amide bonds. The number of fused-ring (bicyclic) bond motifs is 19. The molecule has 16 aromatic carbocycles. The van der Waals surface area contributed by atoms with Gasteiger partial charge in [-0.2, -0.15) is 0 Å². The van der Waals surface area contributed by atoms with Crippen LogP contribution in [0.15, 0.2) is 332 Å². The summed E-state index contributed by atoms with van der Waals surface area (Å²) in [7, 11) is 0.